The van der Waals surface area contributed by atoms with Gasteiger partial charge in [-0.15, -0.1) is 11.3 Å². The molecule has 0 radical (unpaired) electrons. The van der Waals surface area contributed by atoms with Crippen molar-refractivity contribution < 1.29 is 14.7 Å². The molecule has 0 saturated carbocycles. The molecule has 1 fully saturated rings. The largest absolute Gasteiger partial charge is 0.503 e. The Morgan fingerprint density at radius 1 is 1.24 bits per heavy atom. The highest BCUT2D eigenvalue weighted by atomic mass is 32.1. The van der Waals surface area contributed by atoms with Crippen molar-refractivity contribution >= 4 is 23.0 Å². The fraction of sp³-hybridized carbons (Fsp3) is 0.429. The SMILES string of the molecule is Cc1nc(C)c(C(=O)C2=C(O)C(=O)N(CCN3CCCC3)C2c2ccccn2)s1. The number of aliphatic hydroxyl groups is 1. The van der Waals surface area contributed by atoms with Crippen LogP contribution in [0, 0.1) is 13.8 Å². The molecule has 29 heavy (non-hydrogen) atoms. The van der Waals surface area contributed by atoms with E-state index < -0.39 is 17.7 Å². The molecular weight excluding hydrogens is 388 g/mol. The number of hydrogen-bond acceptors (Lipinski definition) is 7. The van der Waals surface area contributed by atoms with E-state index in [2.05, 4.69) is 14.9 Å². The van der Waals surface area contributed by atoms with Gasteiger partial charge in [-0.1, -0.05) is 6.07 Å². The van der Waals surface area contributed by atoms with Gasteiger partial charge in [0.15, 0.2) is 5.76 Å². The lowest BCUT2D eigenvalue weighted by Crippen LogP contribution is -2.38. The summed E-state index contributed by atoms with van der Waals surface area (Å²) < 4.78 is 0. The third kappa shape index (κ3) is 3.70. The average Bonchev–Trinajstić information content (AvgIpc) is 3.41. The Bertz CT molecular complexity index is 964. The van der Waals surface area contributed by atoms with Gasteiger partial charge in [-0.05, 0) is 51.9 Å². The number of nitrogens with zero attached hydrogens (tertiary/aromatic N) is 4. The predicted octanol–water partition coefficient (Wildman–Crippen LogP) is 2.83. The normalized spacial score (nSPS) is 20.1. The quantitative estimate of drug-likeness (QED) is 0.734. The second-order valence-corrected chi connectivity index (χ2v) is 8.65. The molecule has 2 aliphatic rings. The fourth-order valence-electron chi connectivity index (χ4n) is 4.08. The zero-order valence-corrected chi connectivity index (χ0v) is 17.4. The van der Waals surface area contributed by atoms with Crippen LogP contribution >= 0.6 is 11.3 Å². The first-order valence-corrected chi connectivity index (χ1v) is 10.6. The lowest BCUT2D eigenvalue weighted by molar-refractivity contribution is -0.129. The molecule has 1 saturated heterocycles. The molecule has 4 heterocycles. The van der Waals surface area contributed by atoms with Crippen molar-refractivity contribution in [3.05, 3.63) is 57.0 Å². The maximum absolute atomic E-state index is 13.4. The minimum absolute atomic E-state index is 0.0990. The first kappa shape index (κ1) is 19.7. The summed E-state index contributed by atoms with van der Waals surface area (Å²) in [4.78, 5) is 39.4. The maximum atomic E-state index is 13.4. The highest BCUT2D eigenvalue weighted by Gasteiger charge is 2.45. The molecule has 152 valence electrons. The van der Waals surface area contributed by atoms with Gasteiger partial charge in [0.05, 0.1) is 26.8 Å². The number of aryl methyl sites for hydroxylation is 2. The Hall–Kier alpha value is -2.58. The van der Waals surface area contributed by atoms with Crippen molar-refractivity contribution in [3.63, 3.8) is 0 Å². The number of hydrogen-bond donors (Lipinski definition) is 1. The Balaban J connectivity index is 1.70. The molecule has 0 aromatic carbocycles. The van der Waals surface area contributed by atoms with Gasteiger partial charge >= 0.3 is 0 Å². The van der Waals surface area contributed by atoms with Crippen molar-refractivity contribution in [1.29, 1.82) is 0 Å². The van der Waals surface area contributed by atoms with E-state index >= 15 is 0 Å². The summed E-state index contributed by atoms with van der Waals surface area (Å²) in [5.74, 6) is -1.34. The van der Waals surface area contributed by atoms with Gasteiger partial charge in [0.25, 0.3) is 5.91 Å². The van der Waals surface area contributed by atoms with E-state index in [1.54, 1.807) is 30.2 Å². The summed E-state index contributed by atoms with van der Waals surface area (Å²) in [7, 11) is 0. The zero-order chi connectivity index (χ0) is 20.5. The molecule has 0 bridgehead atoms. The van der Waals surface area contributed by atoms with Crippen molar-refractivity contribution in [3.8, 4) is 0 Å². The van der Waals surface area contributed by atoms with Crippen LogP contribution in [0.4, 0.5) is 0 Å². The summed E-state index contributed by atoms with van der Waals surface area (Å²) in [5, 5.41) is 11.5. The number of ketones is 1. The minimum Gasteiger partial charge on any atom is -0.503 e. The van der Waals surface area contributed by atoms with Crippen LogP contribution in [0.3, 0.4) is 0 Å². The van der Waals surface area contributed by atoms with Crippen LogP contribution in [0.25, 0.3) is 0 Å². The zero-order valence-electron chi connectivity index (χ0n) is 16.6. The third-order valence-electron chi connectivity index (χ3n) is 5.48. The number of aliphatic hydroxyl groups excluding tert-OH is 1. The third-order valence-corrected chi connectivity index (χ3v) is 6.55. The highest BCUT2D eigenvalue weighted by molar-refractivity contribution is 7.14. The number of likely N-dealkylation sites (tertiary alicyclic amines) is 1. The highest BCUT2D eigenvalue weighted by Crippen LogP contribution is 2.39. The van der Waals surface area contributed by atoms with Crippen LogP contribution in [0.1, 0.15) is 45.0 Å². The van der Waals surface area contributed by atoms with Gasteiger partial charge in [0, 0.05) is 19.3 Å². The van der Waals surface area contributed by atoms with Crippen LogP contribution in [0.2, 0.25) is 0 Å². The molecule has 1 unspecified atom stereocenters. The second kappa shape index (κ2) is 8.04. The average molecular weight is 413 g/mol. The van der Waals surface area contributed by atoms with E-state index in [0.29, 0.717) is 29.4 Å². The Morgan fingerprint density at radius 2 is 2.00 bits per heavy atom. The van der Waals surface area contributed by atoms with Crippen molar-refractivity contribution in [2.45, 2.75) is 32.7 Å². The number of carbonyl (C=O) groups is 2. The number of thiazole rings is 1. The number of rotatable bonds is 6. The van der Waals surface area contributed by atoms with Gasteiger partial charge in [-0.25, -0.2) is 4.98 Å². The van der Waals surface area contributed by atoms with Gasteiger partial charge in [-0.3, -0.25) is 14.6 Å². The molecule has 0 spiro atoms. The molecule has 0 aliphatic carbocycles. The van der Waals surface area contributed by atoms with E-state index in [1.165, 1.54) is 11.3 Å². The summed E-state index contributed by atoms with van der Waals surface area (Å²) in [6, 6.07) is 4.71. The Kier molecular flexibility index (Phi) is 5.47. The van der Waals surface area contributed by atoms with Gasteiger partial charge in [0.1, 0.15) is 6.04 Å². The Morgan fingerprint density at radius 3 is 2.62 bits per heavy atom. The van der Waals surface area contributed by atoms with Gasteiger partial charge in [-0.2, -0.15) is 0 Å². The summed E-state index contributed by atoms with van der Waals surface area (Å²) in [6.07, 6.45) is 3.96. The van der Waals surface area contributed by atoms with Crippen molar-refractivity contribution in [2.75, 3.05) is 26.2 Å². The van der Waals surface area contributed by atoms with Gasteiger partial charge in [0.2, 0.25) is 5.78 Å². The number of Topliss-reactive ketones (excluding diaryl/α,β-unsaturated/α-hetero) is 1. The van der Waals surface area contributed by atoms with Crippen molar-refractivity contribution in [2.24, 2.45) is 0 Å². The Labute approximate surface area is 173 Å². The molecule has 1 N–H and O–H groups in total. The summed E-state index contributed by atoms with van der Waals surface area (Å²) >= 11 is 1.28. The van der Waals surface area contributed by atoms with Crippen LogP contribution in [0.15, 0.2) is 35.7 Å². The van der Waals surface area contributed by atoms with E-state index in [-0.39, 0.29) is 11.4 Å². The standard InChI is InChI=1S/C21H24N4O3S/c1-13-20(29-14(2)23-13)18(26)16-17(15-7-3-4-8-22-15)25(21(28)19(16)27)12-11-24-9-5-6-10-24/h3-4,7-8,17,27H,5-6,9-12H2,1-2H3. The maximum Gasteiger partial charge on any atom is 0.290 e. The number of aromatic nitrogens is 2. The van der Waals surface area contributed by atoms with Gasteiger partial charge < -0.3 is 14.9 Å². The molecule has 8 heteroatoms. The number of amides is 1. The van der Waals surface area contributed by atoms with Crippen LogP contribution < -0.4 is 0 Å². The first-order chi connectivity index (χ1) is 14.0. The molecule has 1 amide bonds. The number of carbonyl (C=O) groups excluding carboxylic acids is 2. The smallest absolute Gasteiger partial charge is 0.290 e. The summed E-state index contributed by atoms with van der Waals surface area (Å²) in [6.45, 7) is 6.78. The van der Waals surface area contributed by atoms with Crippen LogP contribution in [-0.4, -0.2) is 62.7 Å². The number of pyridine rings is 1. The lowest BCUT2D eigenvalue weighted by atomic mass is 9.98. The monoisotopic (exact) mass is 412 g/mol. The van der Waals surface area contributed by atoms with Crippen LogP contribution in [-0.2, 0) is 4.79 Å². The minimum atomic E-state index is -0.694. The molecule has 1 atom stereocenters. The molecule has 2 aromatic heterocycles. The van der Waals surface area contributed by atoms with Crippen LogP contribution in [0.5, 0.6) is 0 Å². The second-order valence-electron chi connectivity index (χ2n) is 7.44. The topological polar surface area (TPSA) is 86.6 Å². The first-order valence-electron chi connectivity index (χ1n) is 9.83. The predicted molar refractivity (Wildman–Crippen MR) is 110 cm³/mol. The van der Waals surface area contributed by atoms with E-state index in [4.69, 9.17) is 0 Å². The fourth-order valence-corrected chi connectivity index (χ4v) is 4.96. The van der Waals surface area contributed by atoms with E-state index in [0.717, 1.165) is 30.9 Å². The van der Waals surface area contributed by atoms with E-state index in [9.17, 15) is 14.7 Å². The molecular formula is C21H24N4O3S. The molecule has 7 nitrogen and oxygen atoms in total. The van der Waals surface area contributed by atoms with Crippen molar-refractivity contribution in [1.82, 2.24) is 19.8 Å². The lowest BCUT2D eigenvalue weighted by Gasteiger charge is -2.28. The molecule has 2 aliphatic heterocycles. The molecule has 4 rings (SSSR count). The molecule has 2 aromatic rings. The van der Waals surface area contributed by atoms with E-state index in [1.807, 2.05) is 13.0 Å². The summed E-state index contributed by atoms with van der Waals surface area (Å²) in [5.41, 5.74) is 1.29.